The van der Waals surface area contributed by atoms with E-state index in [9.17, 15) is 8.42 Å². The molecule has 0 aliphatic carbocycles. The van der Waals surface area contributed by atoms with Gasteiger partial charge in [0.25, 0.3) is 0 Å². The Hall–Kier alpha value is -1.93. The van der Waals surface area contributed by atoms with Crippen molar-refractivity contribution in [2.75, 3.05) is 12.3 Å². The van der Waals surface area contributed by atoms with E-state index in [1.165, 1.54) is 6.07 Å². The molecule has 0 unspecified atom stereocenters. The number of rotatable bonds is 6. The highest BCUT2D eigenvalue weighted by Crippen LogP contribution is 2.18. The Labute approximate surface area is 123 Å². The third kappa shape index (κ3) is 3.79. The first-order chi connectivity index (χ1) is 9.92. The van der Waals surface area contributed by atoms with Crippen molar-refractivity contribution in [2.45, 2.75) is 31.6 Å². The van der Waals surface area contributed by atoms with Gasteiger partial charge in [-0.1, -0.05) is 18.1 Å². The summed E-state index contributed by atoms with van der Waals surface area (Å²) in [7, 11) is -3.59. The number of nitrogens with one attached hydrogen (secondary N) is 1. The zero-order chi connectivity index (χ0) is 15.5. The van der Waals surface area contributed by atoms with Crippen molar-refractivity contribution in [3.05, 3.63) is 35.5 Å². The highest BCUT2D eigenvalue weighted by molar-refractivity contribution is 7.89. The second kappa shape index (κ2) is 6.23. The van der Waals surface area contributed by atoms with Crippen LogP contribution < -0.4 is 10.5 Å². The van der Waals surface area contributed by atoms with Crippen molar-refractivity contribution >= 4 is 15.7 Å². The Morgan fingerprint density at radius 3 is 2.71 bits per heavy atom. The SMILES string of the molecule is CCc1ccc(S(=O)(=O)NCCc2noc(C)n2)cc1N. The maximum absolute atomic E-state index is 12.1. The van der Waals surface area contributed by atoms with Crippen molar-refractivity contribution in [2.24, 2.45) is 0 Å². The molecule has 0 saturated heterocycles. The Balaban J connectivity index is 2.02. The quantitative estimate of drug-likeness (QED) is 0.771. The van der Waals surface area contributed by atoms with Crippen LogP contribution in [0.3, 0.4) is 0 Å². The molecule has 21 heavy (non-hydrogen) atoms. The largest absolute Gasteiger partial charge is 0.398 e. The minimum Gasteiger partial charge on any atom is -0.398 e. The van der Waals surface area contributed by atoms with Gasteiger partial charge in [0.05, 0.1) is 4.90 Å². The molecular formula is C13H18N4O3S. The third-order valence-electron chi connectivity index (χ3n) is 3.02. The van der Waals surface area contributed by atoms with Gasteiger partial charge in [-0.05, 0) is 24.1 Å². The summed E-state index contributed by atoms with van der Waals surface area (Å²) in [5.74, 6) is 0.923. The van der Waals surface area contributed by atoms with E-state index < -0.39 is 10.0 Å². The number of nitrogen functional groups attached to an aromatic ring is 1. The van der Waals surface area contributed by atoms with Crippen LogP contribution in [-0.4, -0.2) is 25.1 Å². The van der Waals surface area contributed by atoms with Crippen LogP contribution in [0.5, 0.6) is 0 Å². The van der Waals surface area contributed by atoms with Crippen LogP contribution in [0.1, 0.15) is 24.2 Å². The van der Waals surface area contributed by atoms with E-state index >= 15 is 0 Å². The molecule has 0 atom stereocenters. The van der Waals surface area contributed by atoms with Crippen LogP contribution in [0.15, 0.2) is 27.6 Å². The molecule has 0 saturated carbocycles. The Bertz CT molecular complexity index is 725. The average Bonchev–Trinajstić information content (AvgIpc) is 2.84. The number of nitrogens with two attached hydrogens (primary N) is 1. The van der Waals surface area contributed by atoms with E-state index in [4.69, 9.17) is 10.3 Å². The monoisotopic (exact) mass is 310 g/mol. The van der Waals surface area contributed by atoms with Crippen LogP contribution in [0, 0.1) is 6.92 Å². The standard InChI is InChI=1S/C13H18N4O3S/c1-3-10-4-5-11(8-12(10)14)21(18,19)15-7-6-13-16-9(2)20-17-13/h4-5,8,15H,3,6-7,14H2,1-2H3. The van der Waals surface area contributed by atoms with E-state index in [2.05, 4.69) is 14.9 Å². The molecule has 8 heteroatoms. The fourth-order valence-electron chi connectivity index (χ4n) is 1.89. The average molecular weight is 310 g/mol. The fourth-order valence-corrected chi connectivity index (χ4v) is 2.95. The van der Waals surface area contributed by atoms with Gasteiger partial charge in [0.2, 0.25) is 15.9 Å². The predicted octanol–water partition coefficient (Wildman–Crippen LogP) is 1.04. The summed E-state index contributed by atoms with van der Waals surface area (Å²) in [6.07, 6.45) is 1.12. The number of nitrogens with zero attached hydrogens (tertiary/aromatic N) is 2. The first kappa shape index (κ1) is 15.5. The highest BCUT2D eigenvalue weighted by atomic mass is 32.2. The molecule has 2 aromatic rings. The minimum absolute atomic E-state index is 0.154. The third-order valence-corrected chi connectivity index (χ3v) is 4.48. The minimum atomic E-state index is -3.59. The molecule has 1 aromatic heterocycles. The lowest BCUT2D eigenvalue weighted by atomic mass is 10.1. The molecule has 114 valence electrons. The summed E-state index contributed by atoms with van der Waals surface area (Å²) >= 11 is 0. The number of anilines is 1. The van der Waals surface area contributed by atoms with E-state index in [0.29, 0.717) is 23.8 Å². The molecule has 0 radical (unpaired) electrons. The van der Waals surface area contributed by atoms with Crippen LogP contribution in [0.25, 0.3) is 0 Å². The summed E-state index contributed by atoms with van der Waals surface area (Å²) < 4.78 is 31.6. The zero-order valence-electron chi connectivity index (χ0n) is 12.0. The fraction of sp³-hybridized carbons (Fsp3) is 0.385. The molecule has 3 N–H and O–H groups in total. The molecule has 0 aliphatic heterocycles. The van der Waals surface area contributed by atoms with Crippen molar-refractivity contribution < 1.29 is 12.9 Å². The molecule has 7 nitrogen and oxygen atoms in total. The summed E-state index contributed by atoms with van der Waals surface area (Å²) in [6.45, 7) is 3.83. The number of hydrogen-bond acceptors (Lipinski definition) is 6. The van der Waals surface area contributed by atoms with Gasteiger partial charge >= 0.3 is 0 Å². The molecular weight excluding hydrogens is 292 g/mol. The molecule has 0 spiro atoms. The molecule has 0 amide bonds. The van der Waals surface area contributed by atoms with Gasteiger partial charge in [-0.15, -0.1) is 0 Å². The second-order valence-electron chi connectivity index (χ2n) is 4.59. The van der Waals surface area contributed by atoms with Gasteiger partial charge in [0, 0.05) is 25.6 Å². The van der Waals surface area contributed by atoms with Gasteiger partial charge in [0.15, 0.2) is 5.82 Å². The maximum atomic E-state index is 12.1. The van der Waals surface area contributed by atoms with Gasteiger partial charge < -0.3 is 10.3 Å². The van der Waals surface area contributed by atoms with Crippen LogP contribution >= 0.6 is 0 Å². The summed E-state index contributed by atoms with van der Waals surface area (Å²) in [5.41, 5.74) is 7.23. The van der Waals surface area contributed by atoms with Crippen molar-refractivity contribution in [1.29, 1.82) is 0 Å². The molecule has 2 rings (SSSR count). The van der Waals surface area contributed by atoms with Crippen molar-refractivity contribution in [3.8, 4) is 0 Å². The molecule has 0 bridgehead atoms. The van der Waals surface area contributed by atoms with Crippen LogP contribution in [0.2, 0.25) is 0 Å². The number of hydrogen-bond donors (Lipinski definition) is 2. The Morgan fingerprint density at radius 2 is 2.14 bits per heavy atom. The Kier molecular flexibility index (Phi) is 4.59. The van der Waals surface area contributed by atoms with Gasteiger partial charge in [-0.25, -0.2) is 13.1 Å². The summed E-state index contributed by atoms with van der Waals surface area (Å²) in [4.78, 5) is 4.16. The van der Waals surface area contributed by atoms with E-state index in [1.54, 1.807) is 19.1 Å². The van der Waals surface area contributed by atoms with Crippen LogP contribution in [-0.2, 0) is 22.9 Å². The van der Waals surface area contributed by atoms with E-state index in [1.807, 2.05) is 6.92 Å². The first-order valence-corrected chi connectivity index (χ1v) is 8.08. The second-order valence-corrected chi connectivity index (χ2v) is 6.36. The first-order valence-electron chi connectivity index (χ1n) is 6.59. The number of benzene rings is 1. The molecule has 1 heterocycles. The smallest absolute Gasteiger partial charge is 0.240 e. The lowest BCUT2D eigenvalue weighted by molar-refractivity contribution is 0.387. The van der Waals surface area contributed by atoms with Gasteiger partial charge in [0.1, 0.15) is 0 Å². The van der Waals surface area contributed by atoms with E-state index in [0.717, 1.165) is 12.0 Å². The van der Waals surface area contributed by atoms with Gasteiger partial charge in [-0.3, -0.25) is 0 Å². The van der Waals surface area contributed by atoms with Crippen LogP contribution in [0.4, 0.5) is 5.69 Å². The lowest BCUT2D eigenvalue weighted by Crippen LogP contribution is -2.26. The number of aromatic nitrogens is 2. The molecule has 0 fully saturated rings. The summed E-state index contributed by atoms with van der Waals surface area (Å²) in [5, 5.41) is 3.70. The highest BCUT2D eigenvalue weighted by Gasteiger charge is 2.15. The zero-order valence-corrected chi connectivity index (χ0v) is 12.8. The maximum Gasteiger partial charge on any atom is 0.240 e. The molecule has 1 aromatic carbocycles. The number of aryl methyl sites for hydroxylation is 2. The topological polar surface area (TPSA) is 111 Å². The molecule has 0 aliphatic rings. The van der Waals surface area contributed by atoms with Gasteiger partial charge in [-0.2, -0.15) is 4.98 Å². The van der Waals surface area contributed by atoms with E-state index in [-0.39, 0.29) is 11.4 Å². The van der Waals surface area contributed by atoms with Crippen molar-refractivity contribution in [3.63, 3.8) is 0 Å². The summed E-state index contributed by atoms with van der Waals surface area (Å²) in [6, 6.07) is 4.75. The number of sulfonamides is 1. The lowest BCUT2D eigenvalue weighted by Gasteiger charge is -2.08. The Morgan fingerprint density at radius 1 is 1.38 bits per heavy atom. The van der Waals surface area contributed by atoms with Crippen molar-refractivity contribution in [1.82, 2.24) is 14.9 Å². The normalized spacial score (nSPS) is 11.7. The predicted molar refractivity (Wildman–Crippen MR) is 78.2 cm³/mol.